The van der Waals surface area contributed by atoms with Gasteiger partial charge in [-0.3, -0.25) is 19.2 Å². The lowest BCUT2D eigenvalue weighted by atomic mass is 10.0. The van der Waals surface area contributed by atoms with Crippen LogP contribution in [-0.4, -0.2) is 50.2 Å². The first-order valence-electron chi connectivity index (χ1n) is 14.7. The first-order valence-corrected chi connectivity index (χ1v) is 14.7. The number of ether oxygens (including phenoxy) is 3. The number of carbonyl (C=O) groups excluding carboxylic acids is 4. The van der Waals surface area contributed by atoms with Gasteiger partial charge in [0.05, 0.1) is 32.6 Å². The second-order valence-electron chi connectivity index (χ2n) is 9.61. The van der Waals surface area contributed by atoms with E-state index >= 15 is 0 Å². The Labute approximate surface area is 224 Å². The molecular formula is C29H53NO7. The molecule has 0 aliphatic rings. The van der Waals surface area contributed by atoms with Crippen molar-refractivity contribution in [2.24, 2.45) is 0 Å². The van der Waals surface area contributed by atoms with Crippen LogP contribution in [0, 0.1) is 0 Å². The zero-order chi connectivity index (χ0) is 27.4. The maximum Gasteiger partial charge on any atom is 0.306 e. The number of rotatable bonds is 26. The third-order valence-corrected chi connectivity index (χ3v) is 6.00. The normalized spacial score (nSPS) is 10.6. The van der Waals surface area contributed by atoms with E-state index in [-0.39, 0.29) is 51.1 Å². The van der Waals surface area contributed by atoms with Gasteiger partial charge in [-0.05, 0) is 12.8 Å². The summed E-state index contributed by atoms with van der Waals surface area (Å²) in [4.78, 5) is 46.4. The molecule has 0 aromatic rings. The summed E-state index contributed by atoms with van der Waals surface area (Å²) in [6.45, 7) is 4.84. The largest absolute Gasteiger partial charge is 0.466 e. The van der Waals surface area contributed by atoms with Crippen molar-refractivity contribution in [3.05, 3.63) is 0 Å². The van der Waals surface area contributed by atoms with E-state index < -0.39 is 11.9 Å². The summed E-state index contributed by atoms with van der Waals surface area (Å²) in [5.41, 5.74) is 0. The van der Waals surface area contributed by atoms with Crippen LogP contribution in [-0.2, 0) is 33.4 Å². The van der Waals surface area contributed by atoms with Gasteiger partial charge in [0, 0.05) is 19.3 Å². The first kappa shape index (κ1) is 34.9. The van der Waals surface area contributed by atoms with E-state index in [1.807, 2.05) is 6.92 Å². The van der Waals surface area contributed by atoms with Crippen LogP contribution >= 0.6 is 0 Å². The molecule has 216 valence electrons. The summed E-state index contributed by atoms with van der Waals surface area (Å²) in [6.07, 6.45) is 18.4. The summed E-state index contributed by atoms with van der Waals surface area (Å²) in [5, 5.41) is 2.76. The molecule has 0 aliphatic carbocycles. The Balaban J connectivity index is 3.44. The molecule has 0 heterocycles. The SMILES string of the molecule is CCCCCCCCCCCCCCCC(=O)NCCOC(=O)CCC(=O)OCCCOC(=O)CCC. The highest BCUT2D eigenvalue weighted by Crippen LogP contribution is 2.13. The number of carbonyl (C=O) groups is 4. The second-order valence-corrected chi connectivity index (χ2v) is 9.61. The van der Waals surface area contributed by atoms with E-state index in [2.05, 4.69) is 12.2 Å². The van der Waals surface area contributed by atoms with E-state index in [9.17, 15) is 19.2 Å². The monoisotopic (exact) mass is 527 g/mol. The van der Waals surface area contributed by atoms with Crippen LogP contribution in [0.4, 0.5) is 0 Å². The van der Waals surface area contributed by atoms with Gasteiger partial charge in [-0.1, -0.05) is 90.9 Å². The highest BCUT2D eigenvalue weighted by atomic mass is 16.5. The number of amides is 1. The van der Waals surface area contributed by atoms with Crippen molar-refractivity contribution in [3.8, 4) is 0 Å². The molecule has 1 N–H and O–H groups in total. The van der Waals surface area contributed by atoms with Gasteiger partial charge >= 0.3 is 17.9 Å². The molecule has 0 spiro atoms. The molecule has 0 atom stereocenters. The number of hydrogen-bond acceptors (Lipinski definition) is 7. The van der Waals surface area contributed by atoms with E-state index in [1.54, 1.807) is 0 Å². The third-order valence-electron chi connectivity index (χ3n) is 6.00. The lowest BCUT2D eigenvalue weighted by Crippen LogP contribution is -2.27. The van der Waals surface area contributed by atoms with Crippen LogP contribution in [0.15, 0.2) is 0 Å². The second kappa shape index (κ2) is 26.9. The summed E-state index contributed by atoms with van der Waals surface area (Å²) in [7, 11) is 0. The van der Waals surface area contributed by atoms with Crippen LogP contribution in [0.5, 0.6) is 0 Å². The van der Waals surface area contributed by atoms with Crippen LogP contribution in [0.2, 0.25) is 0 Å². The van der Waals surface area contributed by atoms with E-state index in [1.165, 1.54) is 70.6 Å². The minimum Gasteiger partial charge on any atom is -0.466 e. The molecule has 0 aliphatic heterocycles. The summed E-state index contributed by atoms with van der Waals surface area (Å²) >= 11 is 0. The van der Waals surface area contributed by atoms with Gasteiger partial charge in [0.15, 0.2) is 0 Å². The highest BCUT2D eigenvalue weighted by molar-refractivity contribution is 5.78. The third kappa shape index (κ3) is 26.7. The van der Waals surface area contributed by atoms with Gasteiger partial charge in [0.25, 0.3) is 0 Å². The molecule has 0 rings (SSSR count). The van der Waals surface area contributed by atoms with Gasteiger partial charge in [0.2, 0.25) is 5.91 Å². The standard InChI is InChI=1S/C29H53NO7/c1-3-5-6-7-8-9-10-11-12-13-14-15-16-19-26(31)30-22-25-37-29(34)21-20-28(33)36-24-17-23-35-27(32)18-4-2/h3-25H2,1-2H3,(H,30,31). The molecule has 1 amide bonds. The number of esters is 3. The molecule has 0 aromatic carbocycles. The van der Waals surface area contributed by atoms with E-state index in [4.69, 9.17) is 14.2 Å². The van der Waals surface area contributed by atoms with Gasteiger partial charge in [-0.2, -0.15) is 0 Å². The molecule has 0 aromatic heterocycles. The Morgan fingerprint density at radius 3 is 1.38 bits per heavy atom. The van der Waals surface area contributed by atoms with Crippen molar-refractivity contribution in [2.75, 3.05) is 26.4 Å². The minimum absolute atomic E-state index is 0.0249. The number of unbranched alkanes of at least 4 members (excludes halogenated alkanes) is 12. The fraction of sp³-hybridized carbons (Fsp3) is 0.862. The van der Waals surface area contributed by atoms with Crippen molar-refractivity contribution in [1.29, 1.82) is 0 Å². The average molecular weight is 528 g/mol. The summed E-state index contributed by atoms with van der Waals surface area (Å²) in [5.74, 6) is -1.28. The predicted molar refractivity (Wildman–Crippen MR) is 145 cm³/mol. The molecule has 0 saturated carbocycles. The fourth-order valence-electron chi connectivity index (χ4n) is 3.80. The zero-order valence-corrected chi connectivity index (χ0v) is 23.6. The maximum absolute atomic E-state index is 11.9. The Kier molecular flexibility index (Phi) is 25.4. The van der Waals surface area contributed by atoms with Crippen LogP contribution in [0.25, 0.3) is 0 Å². The summed E-state index contributed by atoms with van der Waals surface area (Å²) in [6, 6.07) is 0. The predicted octanol–water partition coefficient (Wildman–Crippen LogP) is 6.18. The number of hydrogen-bond donors (Lipinski definition) is 1. The molecule has 0 fully saturated rings. The smallest absolute Gasteiger partial charge is 0.306 e. The summed E-state index contributed by atoms with van der Waals surface area (Å²) < 4.78 is 15.0. The van der Waals surface area contributed by atoms with Crippen LogP contribution < -0.4 is 5.32 Å². The molecule has 0 saturated heterocycles. The lowest BCUT2D eigenvalue weighted by Gasteiger charge is -2.08. The Hall–Kier alpha value is -2.12. The van der Waals surface area contributed by atoms with E-state index in [0.717, 1.165) is 19.3 Å². The quantitative estimate of drug-likeness (QED) is 0.0812. The van der Waals surface area contributed by atoms with Gasteiger partial charge in [0.1, 0.15) is 6.61 Å². The van der Waals surface area contributed by atoms with Crippen LogP contribution in [0.3, 0.4) is 0 Å². The highest BCUT2D eigenvalue weighted by Gasteiger charge is 2.10. The Bertz CT molecular complexity index is 595. The van der Waals surface area contributed by atoms with Crippen molar-refractivity contribution in [1.82, 2.24) is 5.32 Å². The molecule has 0 radical (unpaired) electrons. The Morgan fingerprint density at radius 2 is 0.892 bits per heavy atom. The molecule has 8 nitrogen and oxygen atoms in total. The molecule has 0 bridgehead atoms. The van der Waals surface area contributed by atoms with Crippen molar-refractivity contribution < 1.29 is 33.4 Å². The Morgan fingerprint density at radius 1 is 0.459 bits per heavy atom. The topological polar surface area (TPSA) is 108 Å². The van der Waals surface area contributed by atoms with Crippen LogP contribution in [0.1, 0.15) is 136 Å². The number of nitrogens with one attached hydrogen (secondary N) is 1. The van der Waals surface area contributed by atoms with Gasteiger partial charge < -0.3 is 19.5 Å². The molecular weight excluding hydrogens is 474 g/mol. The molecule has 37 heavy (non-hydrogen) atoms. The lowest BCUT2D eigenvalue weighted by molar-refractivity contribution is -0.151. The first-order chi connectivity index (χ1) is 18.0. The van der Waals surface area contributed by atoms with E-state index in [0.29, 0.717) is 19.3 Å². The maximum atomic E-state index is 11.9. The molecule has 0 unspecified atom stereocenters. The minimum atomic E-state index is -0.504. The average Bonchev–Trinajstić information content (AvgIpc) is 2.88. The van der Waals surface area contributed by atoms with Crippen molar-refractivity contribution in [3.63, 3.8) is 0 Å². The van der Waals surface area contributed by atoms with Crippen molar-refractivity contribution in [2.45, 2.75) is 136 Å². The van der Waals surface area contributed by atoms with Crippen molar-refractivity contribution >= 4 is 23.8 Å². The van der Waals surface area contributed by atoms with Gasteiger partial charge in [-0.25, -0.2) is 0 Å². The van der Waals surface area contributed by atoms with Gasteiger partial charge in [-0.15, -0.1) is 0 Å². The fourth-order valence-corrected chi connectivity index (χ4v) is 3.80. The molecule has 8 heteroatoms. The zero-order valence-electron chi connectivity index (χ0n) is 23.6.